The molecule has 1 heterocycles. The lowest BCUT2D eigenvalue weighted by Gasteiger charge is -2.17. The number of carbonyl (C=O) groups is 1. The fourth-order valence-corrected chi connectivity index (χ4v) is 2.48. The maximum absolute atomic E-state index is 10.7. The number of hydrogen-bond donors (Lipinski definition) is 1. The molecule has 1 fully saturated rings. The van der Waals surface area contributed by atoms with E-state index in [9.17, 15) is 4.79 Å². The fraction of sp³-hybridized carbons (Fsp3) is 0.438. The Balaban J connectivity index is 1.94. The minimum atomic E-state index is -1.04. The minimum absolute atomic E-state index is 0.0479. The van der Waals surface area contributed by atoms with Crippen LogP contribution >= 0.6 is 15.9 Å². The Labute approximate surface area is 138 Å². The first-order valence-electron chi connectivity index (χ1n) is 6.96. The van der Waals surface area contributed by atoms with E-state index in [0.29, 0.717) is 23.4 Å². The Bertz CT molecular complexity index is 550. The zero-order chi connectivity index (χ0) is 16.2. The summed E-state index contributed by atoms with van der Waals surface area (Å²) in [5.41, 5.74) is 1.11. The summed E-state index contributed by atoms with van der Waals surface area (Å²) in [4.78, 5) is 10.7. The molecule has 5 nitrogen and oxygen atoms in total. The Morgan fingerprint density at radius 1 is 1.45 bits per heavy atom. The van der Waals surface area contributed by atoms with E-state index in [2.05, 4.69) is 15.9 Å². The van der Waals surface area contributed by atoms with Crippen LogP contribution in [-0.4, -0.2) is 34.9 Å². The third-order valence-electron chi connectivity index (χ3n) is 3.12. The van der Waals surface area contributed by atoms with E-state index in [0.717, 1.165) is 18.1 Å². The van der Waals surface area contributed by atoms with E-state index in [1.54, 1.807) is 0 Å². The van der Waals surface area contributed by atoms with Crippen molar-refractivity contribution in [1.82, 2.24) is 0 Å². The highest BCUT2D eigenvalue weighted by Gasteiger charge is 2.32. The molecule has 0 aromatic heterocycles. The number of halogens is 1. The average Bonchev–Trinajstić information content (AvgIpc) is 2.79. The lowest BCUT2D eigenvalue weighted by Crippen LogP contribution is -2.22. The third-order valence-corrected chi connectivity index (χ3v) is 3.67. The van der Waals surface area contributed by atoms with Crippen molar-refractivity contribution in [3.05, 3.63) is 41.7 Å². The van der Waals surface area contributed by atoms with Gasteiger partial charge in [-0.15, -0.1) is 0 Å². The highest BCUT2D eigenvalue weighted by Crippen LogP contribution is 2.25. The monoisotopic (exact) mass is 370 g/mol. The first-order chi connectivity index (χ1) is 10.4. The van der Waals surface area contributed by atoms with E-state index < -0.39 is 11.8 Å². The number of alkyl halides is 1. The van der Waals surface area contributed by atoms with E-state index >= 15 is 0 Å². The molecule has 0 amide bonds. The number of hydrogen-bond acceptors (Lipinski definition) is 4. The van der Waals surface area contributed by atoms with Gasteiger partial charge in [0.15, 0.2) is 5.79 Å². The van der Waals surface area contributed by atoms with Gasteiger partial charge in [-0.1, -0.05) is 28.1 Å². The summed E-state index contributed by atoms with van der Waals surface area (Å²) in [5, 5.41) is 9.07. The Hall–Kier alpha value is -1.37. The molecule has 1 aromatic rings. The van der Waals surface area contributed by atoms with Crippen molar-refractivity contribution in [2.75, 3.05) is 11.9 Å². The summed E-state index contributed by atoms with van der Waals surface area (Å²) in [6.45, 7) is 4.39. The number of aliphatic carboxylic acids is 1. The molecule has 0 aliphatic carbocycles. The molecule has 0 radical (unpaired) electrons. The van der Waals surface area contributed by atoms with Crippen LogP contribution in [0.4, 0.5) is 0 Å². The van der Waals surface area contributed by atoms with Gasteiger partial charge < -0.3 is 19.3 Å². The Morgan fingerprint density at radius 2 is 2.14 bits per heavy atom. The van der Waals surface area contributed by atoms with Gasteiger partial charge in [0.05, 0.1) is 24.1 Å². The highest BCUT2D eigenvalue weighted by atomic mass is 79.9. The molecule has 1 aliphatic rings. The Kier molecular flexibility index (Phi) is 5.61. The molecule has 22 heavy (non-hydrogen) atoms. The summed E-state index contributed by atoms with van der Waals surface area (Å²) in [6.07, 6.45) is 1.85. The number of carboxylic acids is 1. The van der Waals surface area contributed by atoms with Gasteiger partial charge in [-0.2, -0.15) is 0 Å². The molecule has 0 unspecified atom stereocenters. The van der Waals surface area contributed by atoms with Crippen molar-refractivity contribution in [3.63, 3.8) is 0 Å². The van der Waals surface area contributed by atoms with E-state index in [4.69, 9.17) is 19.3 Å². The summed E-state index contributed by atoms with van der Waals surface area (Å²) >= 11 is 3.20. The second kappa shape index (κ2) is 7.26. The van der Waals surface area contributed by atoms with Gasteiger partial charge in [0.1, 0.15) is 11.5 Å². The SMILES string of the molecule is CC1(C)OC[C@H](Cc2ccc(O/C(=C/C(=O)O)CBr)cc2)O1. The van der Waals surface area contributed by atoms with Gasteiger partial charge in [0, 0.05) is 6.42 Å². The highest BCUT2D eigenvalue weighted by molar-refractivity contribution is 9.09. The van der Waals surface area contributed by atoms with Gasteiger partial charge in [-0.05, 0) is 31.5 Å². The second-order valence-electron chi connectivity index (χ2n) is 5.48. The first-order valence-corrected chi connectivity index (χ1v) is 8.08. The average molecular weight is 371 g/mol. The zero-order valence-corrected chi connectivity index (χ0v) is 14.1. The number of ether oxygens (including phenoxy) is 3. The van der Waals surface area contributed by atoms with Crippen LogP contribution in [-0.2, 0) is 20.7 Å². The molecule has 2 rings (SSSR count). The smallest absolute Gasteiger partial charge is 0.331 e. The van der Waals surface area contributed by atoms with E-state index in [-0.39, 0.29) is 6.10 Å². The molecule has 0 spiro atoms. The van der Waals surface area contributed by atoms with Crippen molar-refractivity contribution in [2.45, 2.75) is 32.2 Å². The van der Waals surface area contributed by atoms with Crippen LogP contribution in [0.15, 0.2) is 36.1 Å². The molecule has 120 valence electrons. The molecule has 0 saturated carbocycles. The molecule has 1 aromatic carbocycles. The van der Waals surface area contributed by atoms with Crippen molar-refractivity contribution in [1.29, 1.82) is 0 Å². The van der Waals surface area contributed by atoms with Crippen LogP contribution < -0.4 is 4.74 Å². The Morgan fingerprint density at radius 3 is 2.64 bits per heavy atom. The van der Waals surface area contributed by atoms with Crippen molar-refractivity contribution >= 4 is 21.9 Å². The minimum Gasteiger partial charge on any atom is -0.478 e. The lowest BCUT2D eigenvalue weighted by molar-refractivity contribution is -0.138. The lowest BCUT2D eigenvalue weighted by atomic mass is 10.1. The predicted octanol–water partition coefficient (Wildman–Crippen LogP) is 3.12. The number of benzene rings is 1. The largest absolute Gasteiger partial charge is 0.478 e. The number of rotatable bonds is 6. The first kappa shape index (κ1) is 17.0. The van der Waals surface area contributed by atoms with E-state index in [1.165, 1.54) is 0 Å². The third kappa shape index (κ3) is 5.12. The fourth-order valence-electron chi connectivity index (χ4n) is 2.20. The van der Waals surface area contributed by atoms with Crippen LogP contribution in [0.2, 0.25) is 0 Å². The molecule has 1 N–H and O–H groups in total. The van der Waals surface area contributed by atoms with E-state index in [1.807, 2.05) is 38.1 Å². The molecular formula is C16H19BrO5. The van der Waals surface area contributed by atoms with Crippen LogP contribution in [0.25, 0.3) is 0 Å². The van der Waals surface area contributed by atoms with Gasteiger partial charge in [0.2, 0.25) is 0 Å². The predicted molar refractivity (Wildman–Crippen MR) is 85.2 cm³/mol. The summed E-state index contributed by atoms with van der Waals surface area (Å²) < 4.78 is 16.8. The van der Waals surface area contributed by atoms with Crippen molar-refractivity contribution in [3.8, 4) is 5.75 Å². The maximum Gasteiger partial charge on any atom is 0.331 e. The van der Waals surface area contributed by atoms with Crippen molar-refractivity contribution in [2.24, 2.45) is 0 Å². The zero-order valence-electron chi connectivity index (χ0n) is 12.5. The van der Waals surface area contributed by atoms with Gasteiger partial charge in [-0.25, -0.2) is 4.79 Å². The van der Waals surface area contributed by atoms with Crippen LogP contribution in [0.1, 0.15) is 19.4 Å². The molecule has 1 atom stereocenters. The normalized spacial score (nSPS) is 20.9. The maximum atomic E-state index is 10.7. The van der Waals surface area contributed by atoms with Crippen LogP contribution in [0, 0.1) is 0 Å². The standard InChI is InChI=1S/C16H19BrO5/c1-16(2)20-10-14(22-16)7-11-3-5-12(6-4-11)21-13(9-17)8-15(18)19/h3-6,8,14H,7,9-10H2,1-2H3,(H,18,19)/b13-8+/t14-/m0/s1. The molecule has 1 saturated heterocycles. The molecular weight excluding hydrogens is 352 g/mol. The molecule has 0 bridgehead atoms. The van der Waals surface area contributed by atoms with Gasteiger partial charge in [-0.3, -0.25) is 0 Å². The van der Waals surface area contributed by atoms with Gasteiger partial charge in [0.25, 0.3) is 0 Å². The number of allylic oxidation sites excluding steroid dienone is 1. The summed E-state index contributed by atoms with van der Waals surface area (Å²) in [7, 11) is 0. The second-order valence-corrected chi connectivity index (χ2v) is 6.04. The summed E-state index contributed by atoms with van der Waals surface area (Å²) in [5.74, 6) is -0.610. The van der Waals surface area contributed by atoms with Crippen LogP contribution in [0.3, 0.4) is 0 Å². The van der Waals surface area contributed by atoms with Gasteiger partial charge >= 0.3 is 5.97 Å². The molecule has 6 heteroatoms. The summed E-state index contributed by atoms with van der Waals surface area (Å²) in [6, 6.07) is 7.51. The molecule has 1 aliphatic heterocycles. The quantitative estimate of drug-likeness (QED) is 0.473. The topological polar surface area (TPSA) is 65.0 Å². The van der Waals surface area contributed by atoms with Crippen molar-refractivity contribution < 1.29 is 24.1 Å². The number of carboxylic acid groups (broad SMARTS) is 1. The van der Waals surface area contributed by atoms with Crippen LogP contribution in [0.5, 0.6) is 5.75 Å².